The van der Waals surface area contributed by atoms with Crippen LogP contribution in [0.5, 0.6) is 0 Å². The summed E-state index contributed by atoms with van der Waals surface area (Å²) in [6.45, 7) is 6.04. The van der Waals surface area contributed by atoms with E-state index in [4.69, 9.17) is 4.74 Å². The molecule has 2 heterocycles. The zero-order valence-corrected chi connectivity index (χ0v) is 10.2. The average molecular weight is 232 g/mol. The molecule has 3 nitrogen and oxygen atoms in total. The number of hydrogen-bond donors (Lipinski definition) is 1. The molecule has 2 aliphatic heterocycles. The van der Waals surface area contributed by atoms with E-state index in [1.54, 1.807) is 0 Å². The normalized spacial score (nSPS) is 25.2. The van der Waals surface area contributed by atoms with E-state index >= 15 is 0 Å². The van der Waals surface area contributed by atoms with Gasteiger partial charge in [0.05, 0.1) is 13.2 Å². The van der Waals surface area contributed by atoms with Crippen molar-refractivity contribution >= 4 is 5.69 Å². The maximum atomic E-state index is 5.40. The van der Waals surface area contributed by atoms with Crippen molar-refractivity contribution < 1.29 is 4.74 Å². The smallest absolute Gasteiger partial charge is 0.0642 e. The number of nitrogens with zero attached hydrogens (tertiary/aromatic N) is 1. The molecular formula is C14H20N2O. The molecule has 1 unspecified atom stereocenters. The topological polar surface area (TPSA) is 24.5 Å². The third-order valence-electron chi connectivity index (χ3n) is 3.78. The van der Waals surface area contributed by atoms with Crippen LogP contribution in [0.2, 0.25) is 0 Å². The van der Waals surface area contributed by atoms with Gasteiger partial charge in [0.1, 0.15) is 0 Å². The third kappa shape index (κ3) is 2.45. The van der Waals surface area contributed by atoms with Gasteiger partial charge in [-0.1, -0.05) is 12.1 Å². The Morgan fingerprint density at radius 2 is 2.12 bits per heavy atom. The fourth-order valence-corrected chi connectivity index (χ4v) is 2.74. The second-order valence-corrected chi connectivity index (χ2v) is 4.88. The predicted octanol–water partition coefficient (Wildman–Crippen LogP) is 1.60. The van der Waals surface area contributed by atoms with Crippen molar-refractivity contribution in [3.05, 3.63) is 29.8 Å². The van der Waals surface area contributed by atoms with Crippen LogP contribution in [0.25, 0.3) is 0 Å². The molecule has 1 aromatic rings. The molecule has 92 valence electrons. The molecule has 2 fully saturated rings. The largest absolute Gasteiger partial charge is 0.378 e. The molecule has 2 aliphatic rings. The van der Waals surface area contributed by atoms with Crippen molar-refractivity contribution in [2.75, 3.05) is 44.3 Å². The Labute approximate surface area is 103 Å². The van der Waals surface area contributed by atoms with Crippen molar-refractivity contribution in [1.82, 2.24) is 5.32 Å². The van der Waals surface area contributed by atoms with E-state index in [9.17, 15) is 0 Å². The van der Waals surface area contributed by atoms with Gasteiger partial charge in [-0.15, -0.1) is 0 Å². The Balaban J connectivity index is 1.77. The maximum Gasteiger partial charge on any atom is 0.0642 e. The van der Waals surface area contributed by atoms with Gasteiger partial charge < -0.3 is 15.0 Å². The first kappa shape index (κ1) is 11.1. The summed E-state index contributed by atoms with van der Waals surface area (Å²) in [5.41, 5.74) is 2.84. The highest BCUT2D eigenvalue weighted by atomic mass is 16.5. The molecule has 0 saturated carbocycles. The van der Waals surface area contributed by atoms with E-state index in [2.05, 4.69) is 34.5 Å². The summed E-state index contributed by atoms with van der Waals surface area (Å²) in [5, 5.41) is 3.44. The van der Waals surface area contributed by atoms with E-state index < -0.39 is 0 Å². The summed E-state index contributed by atoms with van der Waals surface area (Å²) in [6.07, 6.45) is 1.27. The van der Waals surface area contributed by atoms with E-state index in [1.807, 2.05) is 0 Å². The van der Waals surface area contributed by atoms with Crippen molar-refractivity contribution in [1.29, 1.82) is 0 Å². The number of rotatable bonds is 2. The molecule has 1 atom stereocenters. The van der Waals surface area contributed by atoms with Crippen LogP contribution in [-0.2, 0) is 4.74 Å². The van der Waals surface area contributed by atoms with Gasteiger partial charge in [-0.2, -0.15) is 0 Å². The van der Waals surface area contributed by atoms with Gasteiger partial charge in [0.25, 0.3) is 0 Å². The van der Waals surface area contributed by atoms with Crippen LogP contribution < -0.4 is 10.2 Å². The number of ether oxygens (including phenoxy) is 1. The van der Waals surface area contributed by atoms with Gasteiger partial charge in [-0.25, -0.2) is 0 Å². The lowest BCUT2D eigenvalue weighted by molar-refractivity contribution is 0.122. The SMILES string of the molecule is c1cc(C2CCNC2)cc(N2CCOCC2)c1. The number of nitrogens with one attached hydrogen (secondary N) is 1. The minimum absolute atomic E-state index is 0.705. The molecule has 17 heavy (non-hydrogen) atoms. The second-order valence-electron chi connectivity index (χ2n) is 4.88. The monoisotopic (exact) mass is 232 g/mol. The number of morpholine rings is 1. The molecule has 3 heteroatoms. The summed E-state index contributed by atoms with van der Waals surface area (Å²) in [6, 6.07) is 9.04. The quantitative estimate of drug-likeness (QED) is 0.838. The molecule has 0 bridgehead atoms. The van der Waals surface area contributed by atoms with Crippen molar-refractivity contribution in [2.24, 2.45) is 0 Å². The van der Waals surface area contributed by atoms with Gasteiger partial charge in [0.2, 0.25) is 0 Å². The molecule has 0 spiro atoms. The Kier molecular flexibility index (Phi) is 3.29. The lowest BCUT2D eigenvalue weighted by Gasteiger charge is -2.29. The van der Waals surface area contributed by atoms with E-state index in [0.29, 0.717) is 5.92 Å². The van der Waals surface area contributed by atoms with Crippen LogP contribution in [0.15, 0.2) is 24.3 Å². The maximum absolute atomic E-state index is 5.40. The standard InChI is InChI=1S/C14H20N2O/c1-2-12(13-4-5-15-11-13)10-14(3-1)16-6-8-17-9-7-16/h1-3,10,13,15H,4-9,11H2. The minimum Gasteiger partial charge on any atom is -0.378 e. The van der Waals surface area contributed by atoms with E-state index in [0.717, 1.165) is 39.4 Å². The van der Waals surface area contributed by atoms with Gasteiger partial charge in [-0.05, 0) is 36.6 Å². The van der Waals surface area contributed by atoms with Gasteiger partial charge in [0.15, 0.2) is 0 Å². The van der Waals surface area contributed by atoms with E-state index in [-0.39, 0.29) is 0 Å². The van der Waals surface area contributed by atoms with Crippen LogP contribution in [0.3, 0.4) is 0 Å². The van der Waals surface area contributed by atoms with Crippen molar-refractivity contribution in [3.8, 4) is 0 Å². The predicted molar refractivity (Wildman–Crippen MR) is 69.7 cm³/mol. The Morgan fingerprint density at radius 3 is 2.88 bits per heavy atom. The highest BCUT2D eigenvalue weighted by Gasteiger charge is 2.18. The molecule has 0 aliphatic carbocycles. The lowest BCUT2D eigenvalue weighted by atomic mass is 9.98. The van der Waals surface area contributed by atoms with Gasteiger partial charge in [-0.3, -0.25) is 0 Å². The number of hydrogen-bond acceptors (Lipinski definition) is 3. The van der Waals surface area contributed by atoms with Gasteiger partial charge in [0, 0.05) is 25.3 Å². The Bertz CT molecular complexity index is 368. The first-order valence-corrected chi connectivity index (χ1v) is 6.57. The second kappa shape index (κ2) is 5.07. The molecular weight excluding hydrogens is 212 g/mol. The fourth-order valence-electron chi connectivity index (χ4n) is 2.74. The van der Waals surface area contributed by atoms with Crippen LogP contribution >= 0.6 is 0 Å². The Morgan fingerprint density at radius 1 is 1.24 bits per heavy atom. The first-order valence-electron chi connectivity index (χ1n) is 6.57. The Hall–Kier alpha value is -1.06. The molecule has 1 aromatic carbocycles. The lowest BCUT2D eigenvalue weighted by Crippen LogP contribution is -2.36. The van der Waals surface area contributed by atoms with Crippen LogP contribution in [0, 0.1) is 0 Å². The summed E-state index contributed by atoms with van der Waals surface area (Å²) in [7, 11) is 0. The summed E-state index contributed by atoms with van der Waals surface area (Å²) >= 11 is 0. The summed E-state index contributed by atoms with van der Waals surface area (Å²) < 4.78 is 5.40. The zero-order valence-electron chi connectivity index (χ0n) is 10.2. The number of anilines is 1. The first-order chi connectivity index (χ1) is 8.43. The molecule has 0 amide bonds. The highest BCUT2D eigenvalue weighted by Crippen LogP contribution is 2.26. The molecule has 0 aromatic heterocycles. The molecule has 1 N–H and O–H groups in total. The summed E-state index contributed by atoms with van der Waals surface area (Å²) in [5.74, 6) is 0.705. The van der Waals surface area contributed by atoms with Crippen molar-refractivity contribution in [3.63, 3.8) is 0 Å². The van der Waals surface area contributed by atoms with Crippen molar-refractivity contribution in [2.45, 2.75) is 12.3 Å². The van der Waals surface area contributed by atoms with Gasteiger partial charge >= 0.3 is 0 Å². The van der Waals surface area contributed by atoms with Crippen LogP contribution in [0.4, 0.5) is 5.69 Å². The third-order valence-corrected chi connectivity index (χ3v) is 3.78. The highest BCUT2D eigenvalue weighted by molar-refractivity contribution is 5.49. The minimum atomic E-state index is 0.705. The average Bonchev–Trinajstić information content (AvgIpc) is 2.94. The van der Waals surface area contributed by atoms with Crippen LogP contribution in [-0.4, -0.2) is 39.4 Å². The molecule has 3 rings (SSSR count). The number of benzene rings is 1. The molecule has 2 saturated heterocycles. The van der Waals surface area contributed by atoms with E-state index in [1.165, 1.54) is 17.7 Å². The van der Waals surface area contributed by atoms with Crippen LogP contribution in [0.1, 0.15) is 17.9 Å². The molecule has 0 radical (unpaired) electrons. The summed E-state index contributed by atoms with van der Waals surface area (Å²) in [4.78, 5) is 2.43. The zero-order chi connectivity index (χ0) is 11.5. The fraction of sp³-hybridized carbons (Fsp3) is 0.571.